The van der Waals surface area contributed by atoms with Crippen LogP contribution in [0.4, 0.5) is 4.39 Å². The maximum Gasteiger partial charge on any atom is 0.123 e. The average molecular weight is 151 g/mol. The summed E-state index contributed by atoms with van der Waals surface area (Å²) in [6, 6.07) is 5.44. The lowest BCUT2D eigenvalue weighted by Gasteiger charge is -2.29. The highest BCUT2D eigenvalue weighted by molar-refractivity contribution is 5.39. The first-order valence-electron chi connectivity index (χ1n) is 3.77. The molecule has 1 nitrogen and oxygen atoms in total. The van der Waals surface area contributed by atoms with Gasteiger partial charge in [0.15, 0.2) is 0 Å². The summed E-state index contributed by atoms with van der Waals surface area (Å²) in [4.78, 5) is 0. The lowest BCUT2D eigenvalue weighted by atomic mass is 9.83. The Labute approximate surface area is 65.2 Å². The molecule has 1 aliphatic rings. The molecule has 0 spiro atoms. The highest BCUT2D eigenvalue weighted by atomic mass is 19.1. The molecule has 0 bridgehead atoms. The fourth-order valence-corrected chi connectivity index (χ4v) is 1.55. The van der Waals surface area contributed by atoms with Gasteiger partial charge in [-0.1, -0.05) is 6.07 Å². The fraction of sp³-hybridized carbons (Fsp3) is 0.333. The van der Waals surface area contributed by atoms with E-state index in [9.17, 15) is 4.39 Å². The van der Waals surface area contributed by atoms with Crippen molar-refractivity contribution in [3.05, 3.63) is 35.1 Å². The molecule has 0 aliphatic heterocycles. The first-order valence-corrected chi connectivity index (χ1v) is 3.77. The molecule has 1 N–H and O–H groups in total. The van der Waals surface area contributed by atoms with Gasteiger partial charge in [-0.2, -0.15) is 0 Å². The van der Waals surface area contributed by atoms with Gasteiger partial charge in [0.2, 0.25) is 0 Å². The Balaban J connectivity index is 2.35. The second kappa shape index (κ2) is 2.31. The molecule has 0 aromatic heterocycles. The molecule has 2 heteroatoms. The van der Waals surface area contributed by atoms with Crippen molar-refractivity contribution in [2.75, 3.05) is 7.05 Å². The van der Waals surface area contributed by atoms with Crippen LogP contribution in [0.25, 0.3) is 0 Å². The zero-order valence-electron chi connectivity index (χ0n) is 6.39. The van der Waals surface area contributed by atoms with Crippen LogP contribution in [0.15, 0.2) is 18.2 Å². The lowest BCUT2D eigenvalue weighted by molar-refractivity contribution is 0.521. The smallest absolute Gasteiger partial charge is 0.123 e. The van der Waals surface area contributed by atoms with E-state index in [0.717, 1.165) is 12.0 Å². The van der Waals surface area contributed by atoms with Gasteiger partial charge in [0.25, 0.3) is 0 Å². The van der Waals surface area contributed by atoms with Gasteiger partial charge in [-0.3, -0.25) is 0 Å². The maximum absolute atomic E-state index is 12.6. The molecular formula is C9H10FN. The third kappa shape index (κ3) is 0.942. The lowest BCUT2D eigenvalue weighted by Crippen LogP contribution is -2.28. The Morgan fingerprint density at radius 1 is 1.55 bits per heavy atom. The minimum Gasteiger partial charge on any atom is -0.313 e. The van der Waals surface area contributed by atoms with Gasteiger partial charge in [0.05, 0.1) is 0 Å². The first-order chi connectivity index (χ1) is 5.31. The fourth-order valence-electron chi connectivity index (χ4n) is 1.55. The molecule has 1 aromatic carbocycles. The van der Waals surface area contributed by atoms with Crippen LogP contribution in [0.2, 0.25) is 0 Å². The van der Waals surface area contributed by atoms with Gasteiger partial charge < -0.3 is 5.32 Å². The van der Waals surface area contributed by atoms with E-state index in [1.165, 1.54) is 11.6 Å². The summed E-state index contributed by atoms with van der Waals surface area (Å²) >= 11 is 0. The van der Waals surface area contributed by atoms with Crippen LogP contribution < -0.4 is 5.32 Å². The van der Waals surface area contributed by atoms with Crippen molar-refractivity contribution in [2.24, 2.45) is 0 Å². The second-order valence-electron chi connectivity index (χ2n) is 2.89. The van der Waals surface area contributed by atoms with Crippen molar-refractivity contribution in [3.8, 4) is 0 Å². The van der Waals surface area contributed by atoms with E-state index in [1.54, 1.807) is 6.07 Å². The minimum atomic E-state index is -0.127. The Morgan fingerprint density at radius 3 is 3.00 bits per heavy atom. The van der Waals surface area contributed by atoms with Gasteiger partial charge in [0.1, 0.15) is 5.82 Å². The van der Waals surface area contributed by atoms with E-state index in [2.05, 4.69) is 5.32 Å². The van der Waals surface area contributed by atoms with Crippen LogP contribution >= 0.6 is 0 Å². The number of hydrogen-bond acceptors (Lipinski definition) is 1. The highest BCUT2D eigenvalue weighted by Crippen LogP contribution is 2.32. The molecule has 0 heterocycles. The molecule has 1 aromatic rings. The van der Waals surface area contributed by atoms with Gasteiger partial charge in [0, 0.05) is 6.04 Å². The van der Waals surface area contributed by atoms with Crippen LogP contribution in [-0.2, 0) is 6.42 Å². The van der Waals surface area contributed by atoms with Gasteiger partial charge >= 0.3 is 0 Å². The first kappa shape index (κ1) is 6.80. The van der Waals surface area contributed by atoms with E-state index in [4.69, 9.17) is 0 Å². The molecule has 0 saturated heterocycles. The Morgan fingerprint density at radius 2 is 2.36 bits per heavy atom. The molecule has 0 fully saturated rings. The van der Waals surface area contributed by atoms with Crippen molar-refractivity contribution in [1.82, 2.24) is 5.32 Å². The molecule has 0 saturated carbocycles. The van der Waals surface area contributed by atoms with Crippen molar-refractivity contribution in [1.29, 1.82) is 0 Å². The van der Waals surface area contributed by atoms with Crippen molar-refractivity contribution < 1.29 is 4.39 Å². The Hall–Kier alpha value is -0.890. The van der Waals surface area contributed by atoms with Crippen molar-refractivity contribution in [2.45, 2.75) is 12.5 Å². The molecule has 0 amide bonds. The normalized spacial score (nSPS) is 20.7. The maximum atomic E-state index is 12.6. The zero-order chi connectivity index (χ0) is 7.84. The standard InChI is InChI=1S/C9H10FN/c1-11-9-5-6-4-7(10)2-3-8(6)9/h2-4,9,11H,5H2,1H3. The van der Waals surface area contributed by atoms with Crippen LogP contribution in [-0.4, -0.2) is 7.05 Å². The Bertz CT molecular complexity index is 283. The summed E-state index contributed by atoms with van der Waals surface area (Å²) in [5.41, 5.74) is 2.39. The van der Waals surface area contributed by atoms with Crippen LogP contribution in [0.5, 0.6) is 0 Å². The number of likely N-dealkylation sites (N-methyl/N-ethyl adjacent to an activating group) is 1. The Kier molecular flexibility index (Phi) is 1.43. The predicted octanol–water partition coefficient (Wildman–Crippen LogP) is 1.64. The van der Waals surface area contributed by atoms with E-state index in [0.29, 0.717) is 6.04 Å². The van der Waals surface area contributed by atoms with Crippen LogP contribution in [0.3, 0.4) is 0 Å². The third-order valence-electron chi connectivity index (χ3n) is 2.25. The van der Waals surface area contributed by atoms with Crippen LogP contribution in [0.1, 0.15) is 17.2 Å². The molecule has 1 aliphatic carbocycles. The number of hydrogen-bond donors (Lipinski definition) is 1. The molecule has 2 rings (SSSR count). The molecule has 1 unspecified atom stereocenters. The topological polar surface area (TPSA) is 12.0 Å². The molecule has 58 valence electrons. The third-order valence-corrected chi connectivity index (χ3v) is 2.25. The quantitative estimate of drug-likeness (QED) is 0.643. The zero-order valence-corrected chi connectivity index (χ0v) is 6.39. The second-order valence-corrected chi connectivity index (χ2v) is 2.89. The van der Waals surface area contributed by atoms with E-state index in [1.807, 2.05) is 13.1 Å². The number of nitrogens with one attached hydrogen (secondary N) is 1. The largest absolute Gasteiger partial charge is 0.313 e. The molecule has 11 heavy (non-hydrogen) atoms. The average Bonchev–Trinajstić information content (AvgIpc) is 1.95. The van der Waals surface area contributed by atoms with Gasteiger partial charge in [-0.15, -0.1) is 0 Å². The van der Waals surface area contributed by atoms with Crippen molar-refractivity contribution >= 4 is 0 Å². The van der Waals surface area contributed by atoms with Gasteiger partial charge in [-0.25, -0.2) is 4.39 Å². The SMILES string of the molecule is CNC1Cc2cc(F)ccc21. The minimum absolute atomic E-state index is 0.127. The predicted molar refractivity (Wildman–Crippen MR) is 41.9 cm³/mol. The molecular weight excluding hydrogens is 141 g/mol. The van der Waals surface area contributed by atoms with E-state index in [-0.39, 0.29) is 5.82 Å². The molecule has 1 atom stereocenters. The summed E-state index contributed by atoms with van der Waals surface area (Å²) in [7, 11) is 1.93. The summed E-state index contributed by atoms with van der Waals surface area (Å²) in [5, 5.41) is 3.15. The number of halogens is 1. The number of rotatable bonds is 1. The van der Waals surface area contributed by atoms with E-state index >= 15 is 0 Å². The van der Waals surface area contributed by atoms with Gasteiger partial charge in [-0.05, 0) is 36.7 Å². The summed E-state index contributed by atoms with van der Waals surface area (Å²) < 4.78 is 12.6. The summed E-state index contributed by atoms with van der Waals surface area (Å²) in [6.45, 7) is 0. The summed E-state index contributed by atoms with van der Waals surface area (Å²) in [5.74, 6) is -0.127. The monoisotopic (exact) mass is 151 g/mol. The highest BCUT2D eigenvalue weighted by Gasteiger charge is 2.24. The number of benzene rings is 1. The molecule has 0 radical (unpaired) electrons. The number of fused-ring (bicyclic) bond motifs is 1. The van der Waals surface area contributed by atoms with Crippen molar-refractivity contribution in [3.63, 3.8) is 0 Å². The summed E-state index contributed by atoms with van der Waals surface area (Å²) in [6.07, 6.45) is 0.962. The van der Waals surface area contributed by atoms with E-state index < -0.39 is 0 Å². The van der Waals surface area contributed by atoms with Crippen LogP contribution in [0, 0.1) is 5.82 Å².